The van der Waals surface area contributed by atoms with E-state index in [1.54, 1.807) is 0 Å². The molecule has 20 heavy (non-hydrogen) atoms. The van der Waals surface area contributed by atoms with Gasteiger partial charge in [-0.25, -0.2) is 0 Å². The first kappa shape index (κ1) is 15.5. The molecule has 1 fully saturated rings. The maximum Gasteiger partial charge on any atom is 0.0741 e. The van der Waals surface area contributed by atoms with Crippen molar-refractivity contribution in [2.75, 3.05) is 19.6 Å². The number of benzene rings is 1. The summed E-state index contributed by atoms with van der Waals surface area (Å²) in [6.45, 7) is 9.01. The first-order valence-electron chi connectivity index (χ1n) is 7.73. The van der Waals surface area contributed by atoms with E-state index in [9.17, 15) is 5.11 Å². The quantitative estimate of drug-likeness (QED) is 0.838. The van der Waals surface area contributed by atoms with E-state index in [4.69, 9.17) is 0 Å². The third-order valence-electron chi connectivity index (χ3n) is 4.44. The lowest BCUT2D eigenvalue weighted by molar-refractivity contribution is 0.0413. The Kier molecular flexibility index (Phi) is 5.19. The topological polar surface area (TPSA) is 35.5 Å². The lowest BCUT2D eigenvalue weighted by Gasteiger charge is -2.32. The van der Waals surface area contributed by atoms with Gasteiger partial charge in [-0.1, -0.05) is 30.3 Å². The molecule has 0 bridgehead atoms. The van der Waals surface area contributed by atoms with Gasteiger partial charge in [0.05, 0.1) is 5.60 Å². The monoisotopic (exact) mass is 276 g/mol. The molecule has 0 amide bonds. The second-order valence-corrected chi connectivity index (χ2v) is 6.45. The number of nitrogens with one attached hydrogen (secondary N) is 1. The molecule has 1 heterocycles. The van der Waals surface area contributed by atoms with Crippen molar-refractivity contribution in [3.63, 3.8) is 0 Å². The minimum atomic E-state index is -0.688. The number of nitrogens with zero attached hydrogens (tertiary/aromatic N) is 1. The van der Waals surface area contributed by atoms with E-state index in [0.717, 1.165) is 6.54 Å². The van der Waals surface area contributed by atoms with Crippen molar-refractivity contribution in [1.82, 2.24) is 10.2 Å². The molecule has 0 aliphatic carbocycles. The molecule has 2 rings (SSSR count). The van der Waals surface area contributed by atoms with Crippen molar-refractivity contribution in [1.29, 1.82) is 0 Å². The smallest absolute Gasteiger partial charge is 0.0741 e. The zero-order valence-corrected chi connectivity index (χ0v) is 13.0. The number of likely N-dealkylation sites (tertiary alicyclic amines) is 1. The summed E-state index contributed by atoms with van der Waals surface area (Å²) in [6, 6.07) is 11.2. The largest absolute Gasteiger partial charge is 0.389 e. The van der Waals surface area contributed by atoms with E-state index >= 15 is 0 Å². The van der Waals surface area contributed by atoms with Crippen LogP contribution in [-0.4, -0.2) is 41.3 Å². The fourth-order valence-corrected chi connectivity index (χ4v) is 2.72. The second-order valence-electron chi connectivity index (χ2n) is 6.45. The van der Waals surface area contributed by atoms with Crippen LogP contribution in [0.3, 0.4) is 0 Å². The van der Waals surface area contributed by atoms with Gasteiger partial charge in [0.15, 0.2) is 0 Å². The van der Waals surface area contributed by atoms with E-state index in [1.807, 2.05) is 20.8 Å². The molecule has 0 spiro atoms. The number of hydrogen-bond donors (Lipinski definition) is 2. The van der Waals surface area contributed by atoms with E-state index < -0.39 is 5.60 Å². The van der Waals surface area contributed by atoms with Gasteiger partial charge in [-0.3, -0.25) is 4.90 Å². The Labute approximate surface area is 123 Å². The minimum absolute atomic E-state index is 0.0799. The third kappa shape index (κ3) is 4.05. The van der Waals surface area contributed by atoms with Gasteiger partial charge in [0.1, 0.15) is 0 Å². The second kappa shape index (κ2) is 6.70. The fourth-order valence-electron chi connectivity index (χ4n) is 2.72. The van der Waals surface area contributed by atoms with Gasteiger partial charge in [-0.2, -0.15) is 0 Å². The van der Waals surface area contributed by atoms with E-state index in [2.05, 4.69) is 40.5 Å². The van der Waals surface area contributed by atoms with Crippen LogP contribution < -0.4 is 5.32 Å². The van der Waals surface area contributed by atoms with Crippen LogP contribution in [0.1, 0.15) is 45.2 Å². The van der Waals surface area contributed by atoms with Crippen molar-refractivity contribution >= 4 is 0 Å². The summed E-state index contributed by atoms with van der Waals surface area (Å²) < 4.78 is 0. The molecule has 3 heteroatoms. The Balaban J connectivity index is 2.04. The summed E-state index contributed by atoms with van der Waals surface area (Å²) in [7, 11) is 0. The molecule has 3 nitrogen and oxygen atoms in total. The van der Waals surface area contributed by atoms with Crippen LogP contribution in [0.5, 0.6) is 0 Å². The summed E-state index contributed by atoms with van der Waals surface area (Å²) >= 11 is 0. The summed E-state index contributed by atoms with van der Waals surface area (Å²) in [5.41, 5.74) is 0.677. The van der Waals surface area contributed by atoms with Gasteiger partial charge < -0.3 is 10.4 Å². The molecule has 1 saturated heterocycles. The van der Waals surface area contributed by atoms with Crippen LogP contribution in [-0.2, 0) is 0 Å². The molecular weight excluding hydrogens is 248 g/mol. The lowest BCUT2D eigenvalue weighted by atomic mass is 9.99. The van der Waals surface area contributed by atoms with Crippen molar-refractivity contribution in [2.45, 2.75) is 51.3 Å². The summed E-state index contributed by atoms with van der Waals surface area (Å²) in [5, 5.41) is 13.6. The summed E-state index contributed by atoms with van der Waals surface area (Å²) in [4.78, 5) is 2.55. The van der Waals surface area contributed by atoms with E-state index in [-0.39, 0.29) is 6.04 Å². The zero-order valence-electron chi connectivity index (χ0n) is 13.0. The van der Waals surface area contributed by atoms with Crippen LogP contribution in [0.25, 0.3) is 0 Å². The van der Waals surface area contributed by atoms with Crippen LogP contribution in [0.4, 0.5) is 0 Å². The van der Waals surface area contributed by atoms with Gasteiger partial charge in [0.2, 0.25) is 0 Å². The average molecular weight is 276 g/mol. The van der Waals surface area contributed by atoms with Gasteiger partial charge >= 0.3 is 0 Å². The molecule has 2 N–H and O–H groups in total. The highest BCUT2D eigenvalue weighted by atomic mass is 16.3. The van der Waals surface area contributed by atoms with Gasteiger partial charge in [-0.15, -0.1) is 0 Å². The maximum atomic E-state index is 10.1. The highest BCUT2D eigenvalue weighted by molar-refractivity contribution is 5.19. The Morgan fingerprint density at radius 2 is 1.80 bits per heavy atom. The molecule has 1 aromatic carbocycles. The van der Waals surface area contributed by atoms with Crippen molar-refractivity contribution in [3.05, 3.63) is 35.9 Å². The Hall–Kier alpha value is -0.900. The Bertz CT molecular complexity index is 393. The Morgan fingerprint density at radius 1 is 1.20 bits per heavy atom. The van der Waals surface area contributed by atoms with Gasteiger partial charge in [0.25, 0.3) is 0 Å². The minimum Gasteiger partial charge on any atom is -0.389 e. The maximum absolute atomic E-state index is 10.1. The van der Waals surface area contributed by atoms with Crippen LogP contribution in [0.2, 0.25) is 0 Å². The van der Waals surface area contributed by atoms with Crippen LogP contribution >= 0.6 is 0 Å². The van der Waals surface area contributed by atoms with Gasteiger partial charge in [0, 0.05) is 18.6 Å². The standard InChI is InChI=1S/C17H28N2O/c1-14(17(2,3)20)18-13-16(19-11-7-8-12-19)15-9-5-4-6-10-15/h4-6,9-10,14,16,18,20H,7-8,11-13H2,1-3H3. The fraction of sp³-hybridized carbons (Fsp3) is 0.647. The normalized spacial score (nSPS) is 20.0. The van der Waals surface area contributed by atoms with Crippen molar-refractivity contribution in [3.8, 4) is 0 Å². The summed E-state index contributed by atoms with van der Waals surface area (Å²) in [6.07, 6.45) is 2.59. The molecule has 1 aliphatic heterocycles. The predicted molar refractivity (Wildman–Crippen MR) is 83.8 cm³/mol. The highest BCUT2D eigenvalue weighted by Gasteiger charge is 2.26. The van der Waals surface area contributed by atoms with Crippen molar-refractivity contribution < 1.29 is 5.11 Å². The number of rotatable bonds is 6. The number of hydrogen-bond acceptors (Lipinski definition) is 3. The van der Waals surface area contributed by atoms with Crippen LogP contribution in [0.15, 0.2) is 30.3 Å². The lowest BCUT2D eigenvalue weighted by Crippen LogP contribution is -2.47. The molecule has 0 saturated carbocycles. The zero-order chi connectivity index (χ0) is 14.6. The van der Waals surface area contributed by atoms with E-state index in [1.165, 1.54) is 31.5 Å². The average Bonchev–Trinajstić information content (AvgIpc) is 2.93. The molecule has 1 aromatic rings. The molecular formula is C17H28N2O. The third-order valence-corrected chi connectivity index (χ3v) is 4.44. The first-order valence-corrected chi connectivity index (χ1v) is 7.73. The summed E-state index contributed by atoms with van der Waals surface area (Å²) in [5.74, 6) is 0. The van der Waals surface area contributed by atoms with Gasteiger partial charge in [-0.05, 0) is 52.3 Å². The number of aliphatic hydroxyl groups is 1. The molecule has 112 valence electrons. The van der Waals surface area contributed by atoms with Crippen LogP contribution in [0, 0.1) is 0 Å². The Morgan fingerprint density at radius 3 is 2.35 bits per heavy atom. The molecule has 2 unspecified atom stereocenters. The SMILES string of the molecule is CC(NCC(c1ccccc1)N1CCCC1)C(C)(C)O. The van der Waals surface area contributed by atoms with Crippen molar-refractivity contribution in [2.24, 2.45) is 0 Å². The van der Waals surface area contributed by atoms with E-state index in [0.29, 0.717) is 6.04 Å². The molecule has 0 aromatic heterocycles. The predicted octanol–water partition coefficient (Wildman–Crippen LogP) is 2.57. The molecule has 0 radical (unpaired) electrons. The molecule has 2 atom stereocenters. The highest BCUT2D eigenvalue weighted by Crippen LogP contribution is 2.24. The molecule has 1 aliphatic rings. The first-order chi connectivity index (χ1) is 9.48.